The minimum atomic E-state index is -4.99. The Morgan fingerprint density at radius 3 is 2.50 bits per heavy atom. The highest BCUT2D eigenvalue weighted by Gasteiger charge is 2.64. The van der Waals surface area contributed by atoms with Crippen molar-refractivity contribution >= 4 is 23.3 Å². The fraction of sp³-hybridized carbons (Fsp3) is 0.467. The van der Waals surface area contributed by atoms with Crippen LogP contribution in [0.1, 0.15) is 6.42 Å². The maximum absolute atomic E-state index is 13.2. The summed E-state index contributed by atoms with van der Waals surface area (Å²) in [6.45, 7) is -1.75. The van der Waals surface area contributed by atoms with E-state index in [0.29, 0.717) is 0 Å². The Labute approximate surface area is 145 Å². The summed E-state index contributed by atoms with van der Waals surface area (Å²) in [5.41, 5.74) is -3.11. The third-order valence-electron chi connectivity index (χ3n) is 4.44. The first kappa shape index (κ1) is 19.5. The van der Waals surface area contributed by atoms with Crippen LogP contribution < -0.4 is 4.90 Å². The summed E-state index contributed by atoms with van der Waals surface area (Å²) in [5.74, 6) is -2.76. The van der Waals surface area contributed by atoms with Gasteiger partial charge in [-0.05, 0) is 12.5 Å². The normalized spacial score (nSPS) is 20.1. The monoisotopic (exact) mass is 375 g/mol. The molecule has 11 heteroatoms. The molecule has 1 aromatic rings. The van der Waals surface area contributed by atoms with E-state index in [4.69, 9.17) is 5.11 Å². The molecule has 1 N–H and O–H groups in total. The smallest absolute Gasteiger partial charge is 0.406 e. The number of rotatable bonds is 5. The minimum Gasteiger partial charge on any atom is -0.481 e. The molecule has 0 radical (unpaired) electrons. The lowest BCUT2D eigenvalue weighted by molar-refractivity contribution is -0.384. The Hall–Kier alpha value is -2.85. The van der Waals surface area contributed by atoms with Gasteiger partial charge in [-0.2, -0.15) is 13.2 Å². The molecular formula is C15H16F3N3O5. The Morgan fingerprint density at radius 2 is 2.00 bits per heavy atom. The van der Waals surface area contributed by atoms with E-state index < -0.39 is 47.9 Å². The van der Waals surface area contributed by atoms with Crippen LogP contribution in [-0.4, -0.2) is 59.7 Å². The van der Waals surface area contributed by atoms with E-state index in [2.05, 4.69) is 0 Å². The van der Waals surface area contributed by atoms with Gasteiger partial charge in [0.05, 0.1) is 11.5 Å². The van der Waals surface area contributed by atoms with Gasteiger partial charge in [-0.15, -0.1) is 0 Å². The molecule has 1 aliphatic rings. The van der Waals surface area contributed by atoms with E-state index in [1.807, 2.05) is 0 Å². The number of likely N-dealkylation sites (tertiary alicyclic amines) is 1. The van der Waals surface area contributed by atoms with Crippen LogP contribution in [0.15, 0.2) is 24.3 Å². The van der Waals surface area contributed by atoms with Gasteiger partial charge in [0.25, 0.3) is 5.69 Å². The van der Waals surface area contributed by atoms with Crippen LogP contribution in [-0.2, 0) is 9.59 Å². The zero-order valence-electron chi connectivity index (χ0n) is 13.7. The lowest BCUT2D eigenvalue weighted by atomic mass is 9.86. The van der Waals surface area contributed by atoms with Gasteiger partial charge in [0, 0.05) is 26.2 Å². The van der Waals surface area contributed by atoms with Gasteiger partial charge in [-0.1, -0.05) is 12.1 Å². The van der Waals surface area contributed by atoms with E-state index in [9.17, 15) is 32.9 Å². The highest BCUT2D eigenvalue weighted by atomic mass is 19.4. The number of benzene rings is 1. The van der Waals surface area contributed by atoms with Crippen molar-refractivity contribution in [2.24, 2.45) is 5.41 Å². The molecule has 0 spiro atoms. The summed E-state index contributed by atoms with van der Waals surface area (Å²) >= 11 is 0. The number of carboxylic acid groups (broad SMARTS) is 1. The average molecular weight is 375 g/mol. The zero-order chi connectivity index (χ0) is 19.7. The summed E-state index contributed by atoms with van der Waals surface area (Å²) in [6.07, 6.45) is -5.72. The van der Waals surface area contributed by atoms with Gasteiger partial charge in [0.2, 0.25) is 5.91 Å². The topological polar surface area (TPSA) is 104 Å². The maximum Gasteiger partial charge on any atom is 0.406 e. The molecule has 26 heavy (non-hydrogen) atoms. The molecule has 1 aliphatic heterocycles. The SMILES string of the molecule is CN(CC(=O)N1CCC(C(=O)O)(C(F)(F)F)C1)c1ccccc1[N+](=O)[O-]. The van der Waals surface area contributed by atoms with E-state index in [1.165, 1.54) is 36.2 Å². The summed E-state index contributed by atoms with van der Waals surface area (Å²) in [6, 6.07) is 5.62. The number of carboxylic acids is 1. The van der Waals surface area contributed by atoms with Crippen LogP contribution in [0.2, 0.25) is 0 Å². The molecule has 1 unspecified atom stereocenters. The first-order valence-electron chi connectivity index (χ1n) is 7.52. The van der Waals surface area contributed by atoms with Crippen molar-refractivity contribution in [2.45, 2.75) is 12.6 Å². The second-order valence-corrected chi connectivity index (χ2v) is 6.05. The molecule has 1 fully saturated rings. The number of nitro benzene ring substituents is 1. The van der Waals surface area contributed by atoms with Crippen LogP contribution in [0.4, 0.5) is 24.5 Å². The van der Waals surface area contributed by atoms with Gasteiger partial charge >= 0.3 is 12.1 Å². The number of halogens is 3. The second kappa shape index (κ2) is 6.81. The predicted octanol–water partition coefficient (Wildman–Crippen LogP) is 1.90. The summed E-state index contributed by atoms with van der Waals surface area (Å²) in [5, 5.41) is 20.0. The molecule has 142 valence electrons. The first-order chi connectivity index (χ1) is 12.0. The standard InChI is InChI=1S/C15H16F3N3O5/c1-19(10-4-2-3-5-11(10)21(25)26)8-12(22)20-7-6-14(9-20,13(23)24)15(16,17)18/h2-5H,6-9H2,1H3,(H,23,24). The molecule has 0 saturated carbocycles. The van der Waals surface area contributed by atoms with Crippen LogP contribution >= 0.6 is 0 Å². The van der Waals surface area contributed by atoms with Crippen LogP contribution in [0.3, 0.4) is 0 Å². The molecule has 1 aromatic carbocycles. The number of hydrogen-bond acceptors (Lipinski definition) is 5. The number of carbonyl (C=O) groups is 2. The number of likely N-dealkylation sites (N-methyl/N-ethyl adjacent to an activating group) is 1. The van der Waals surface area contributed by atoms with Crippen LogP contribution in [0.5, 0.6) is 0 Å². The molecule has 0 aromatic heterocycles. The molecule has 1 amide bonds. The zero-order valence-corrected chi connectivity index (χ0v) is 13.7. The number of hydrogen-bond donors (Lipinski definition) is 1. The van der Waals surface area contributed by atoms with Crippen molar-refractivity contribution in [1.82, 2.24) is 4.90 Å². The maximum atomic E-state index is 13.2. The number of nitrogens with zero attached hydrogens (tertiary/aromatic N) is 3. The van der Waals surface area contributed by atoms with Crippen molar-refractivity contribution < 1.29 is 32.8 Å². The van der Waals surface area contributed by atoms with Crippen LogP contribution in [0.25, 0.3) is 0 Å². The Kier molecular flexibility index (Phi) is 5.10. The molecule has 1 atom stereocenters. The summed E-state index contributed by atoms with van der Waals surface area (Å²) < 4.78 is 39.5. The molecule has 0 bridgehead atoms. The molecular weight excluding hydrogens is 359 g/mol. The van der Waals surface area contributed by atoms with Gasteiger partial charge in [0.15, 0.2) is 5.41 Å². The van der Waals surface area contributed by atoms with Gasteiger partial charge < -0.3 is 14.9 Å². The van der Waals surface area contributed by atoms with Crippen molar-refractivity contribution in [1.29, 1.82) is 0 Å². The highest BCUT2D eigenvalue weighted by molar-refractivity contribution is 5.85. The van der Waals surface area contributed by atoms with Gasteiger partial charge in [-0.3, -0.25) is 19.7 Å². The van der Waals surface area contributed by atoms with Crippen molar-refractivity contribution in [3.8, 4) is 0 Å². The quantitative estimate of drug-likeness (QED) is 0.623. The average Bonchev–Trinajstić information content (AvgIpc) is 3.01. The summed E-state index contributed by atoms with van der Waals surface area (Å²) in [4.78, 5) is 35.9. The van der Waals surface area contributed by atoms with E-state index in [1.54, 1.807) is 0 Å². The van der Waals surface area contributed by atoms with Crippen molar-refractivity contribution in [3.63, 3.8) is 0 Å². The second-order valence-electron chi connectivity index (χ2n) is 6.05. The largest absolute Gasteiger partial charge is 0.481 e. The third kappa shape index (κ3) is 3.41. The number of anilines is 1. The Morgan fingerprint density at radius 1 is 1.38 bits per heavy atom. The van der Waals surface area contributed by atoms with E-state index in [0.717, 1.165) is 4.90 Å². The van der Waals surface area contributed by atoms with Crippen molar-refractivity contribution in [2.75, 3.05) is 31.6 Å². The number of alkyl halides is 3. The first-order valence-corrected chi connectivity index (χ1v) is 7.52. The lowest BCUT2D eigenvalue weighted by Crippen LogP contribution is -2.48. The predicted molar refractivity (Wildman–Crippen MR) is 83.7 cm³/mol. The molecule has 2 rings (SSSR count). The number of carbonyl (C=O) groups excluding carboxylic acids is 1. The minimum absolute atomic E-state index is 0.130. The lowest BCUT2D eigenvalue weighted by Gasteiger charge is -2.28. The molecule has 0 aliphatic carbocycles. The fourth-order valence-corrected chi connectivity index (χ4v) is 2.88. The Bertz CT molecular complexity index is 739. The van der Waals surface area contributed by atoms with Crippen LogP contribution in [0, 0.1) is 15.5 Å². The Balaban J connectivity index is 2.14. The number of aliphatic carboxylic acids is 1. The molecule has 1 saturated heterocycles. The van der Waals surface area contributed by atoms with E-state index >= 15 is 0 Å². The summed E-state index contributed by atoms with van der Waals surface area (Å²) in [7, 11) is 1.39. The molecule has 8 nitrogen and oxygen atoms in total. The van der Waals surface area contributed by atoms with E-state index in [-0.39, 0.29) is 17.9 Å². The molecule has 1 heterocycles. The number of nitro groups is 1. The van der Waals surface area contributed by atoms with Gasteiger partial charge in [-0.25, -0.2) is 0 Å². The number of amides is 1. The number of para-hydroxylation sites is 2. The fourth-order valence-electron chi connectivity index (χ4n) is 2.88. The third-order valence-corrected chi connectivity index (χ3v) is 4.44. The van der Waals surface area contributed by atoms with Gasteiger partial charge in [0.1, 0.15) is 5.69 Å². The van der Waals surface area contributed by atoms with Crippen molar-refractivity contribution in [3.05, 3.63) is 34.4 Å². The highest BCUT2D eigenvalue weighted by Crippen LogP contribution is 2.45.